The zero-order chi connectivity index (χ0) is 25.6. The van der Waals surface area contributed by atoms with Crippen LogP contribution < -0.4 is 5.73 Å². The minimum atomic E-state index is -1.99. The Morgan fingerprint density at radius 1 is 1.15 bits per heavy atom. The normalized spacial score (nSPS) is 51.6. The first kappa shape index (κ1) is 25.9. The first-order chi connectivity index (χ1) is 15.5. The molecule has 10 nitrogen and oxygen atoms in total. The zero-order valence-corrected chi connectivity index (χ0v) is 20.2. The second-order valence-corrected chi connectivity index (χ2v) is 12.0. The summed E-state index contributed by atoms with van der Waals surface area (Å²) in [5.74, 6) is -4.22. The number of aliphatic hydroxyl groups excluding tert-OH is 4. The number of carbonyl (C=O) groups excluding carboxylic acids is 2. The number of aliphatic hydroxyl groups is 6. The van der Waals surface area contributed by atoms with Crippen LogP contribution in [0.4, 0.5) is 0 Å². The van der Waals surface area contributed by atoms with Crippen LogP contribution in [0.15, 0.2) is 0 Å². The van der Waals surface area contributed by atoms with Gasteiger partial charge in [0.05, 0.1) is 28.8 Å². The molecule has 0 spiro atoms. The van der Waals surface area contributed by atoms with Gasteiger partial charge in [-0.05, 0) is 45.4 Å². The van der Waals surface area contributed by atoms with Crippen molar-refractivity contribution in [2.75, 3.05) is 0 Å². The molecule has 4 saturated carbocycles. The van der Waals surface area contributed by atoms with Crippen LogP contribution in [0.3, 0.4) is 0 Å². The van der Waals surface area contributed by atoms with Gasteiger partial charge in [0, 0.05) is 29.7 Å². The lowest BCUT2D eigenvalue weighted by molar-refractivity contribution is -0.311. The summed E-state index contributed by atoms with van der Waals surface area (Å²) in [5.41, 5.74) is -0.788. The van der Waals surface area contributed by atoms with E-state index >= 15 is 0 Å². The van der Waals surface area contributed by atoms with E-state index in [9.17, 15) is 40.2 Å². The summed E-state index contributed by atoms with van der Waals surface area (Å²) in [7, 11) is 0. The highest BCUT2D eigenvalue weighted by Crippen LogP contribution is 2.65. The number of Topliss-reactive ketones (excluding diaryl/α,β-unsaturated/α-hetero) is 1. The Labute approximate surface area is 199 Å². The van der Waals surface area contributed by atoms with Gasteiger partial charge in [0.1, 0.15) is 12.2 Å². The van der Waals surface area contributed by atoms with Gasteiger partial charge in [0.25, 0.3) is 0 Å². The van der Waals surface area contributed by atoms with E-state index in [2.05, 4.69) is 0 Å². The zero-order valence-electron chi connectivity index (χ0n) is 20.2. The number of esters is 1. The second-order valence-electron chi connectivity index (χ2n) is 12.0. The van der Waals surface area contributed by atoms with E-state index in [1.807, 2.05) is 0 Å². The van der Waals surface area contributed by atoms with Crippen molar-refractivity contribution in [3.63, 3.8) is 0 Å². The molecule has 194 valence electrons. The fourth-order valence-corrected chi connectivity index (χ4v) is 7.47. The number of rotatable bonds is 3. The summed E-state index contributed by atoms with van der Waals surface area (Å²) in [5, 5.41) is 67.8. The molecule has 0 amide bonds. The Morgan fingerprint density at radius 3 is 2.29 bits per heavy atom. The van der Waals surface area contributed by atoms with Crippen molar-refractivity contribution in [3.05, 3.63) is 0 Å². The van der Waals surface area contributed by atoms with Crippen molar-refractivity contribution in [2.45, 2.75) is 108 Å². The van der Waals surface area contributed by atoms with Gasteiger partial charge in [0.2, 0.25) is 0 Å². The van der Waals surface area contributed by atoms with Gasteiger partial charge in [-0.15, -0.1) is 0 Å². The molecular formula is C24H39NO9. The molecule has 0 heterocycles. The molecule has 4 aliphatic carbocycles. The third-order valence-electron chi connectivity index (χ3n) is 10.1. The van der Waals surface area contributed by atoms with Crippen LogP contribution in [0.2, 0.25) is 0 Å². The van der Waals surface area contributed by atoms with Crippen LogP contribution in [-0.2, 0) is 14.3 Å². The summed E-state index contributed by atoms with van der Waals surface area (Å²) in [6.45, 7) is 6.16. The molecule has 10 heteroatoms. The minimum Gasteiger partial charge on any atom is -0.460 e. The molecule has 0 aromatic rings. The maximum Gasteiger partial charge on any atom is 0.336 e. The molecule has 4 rings (SSSR count). The Morgan fingerprint density at radius 2 is 1.76 bits per heavy atom. The van der Waals surface area contributed by atoms with E-state index < -0.39 is 82.2 Å². The first-order valence-corrected chi connectivity index (χ1v) is 12.2. The van der Waals surface area contributed by atoms with Gasteiger partial charge in [-0.25, -0.2) is 4.79 Å². The van der Waals surface area contributed by atoms with Gasteiger partial charge in [0.15, 0.2) is 11.9 Å². The van der Waals surface area contributed by atoms with Crippen LogP contribution >= 0.6 is 0 Å². The second kappa shape index (κ2) is 7.93. The predicted octanol–water partition coefficient (Wildman–Crippen LogP) is -1.39. The number of nitrogens with two attached hydrogens (primary N) is 1. The van der Waals surface area contributed by atoms with E-state index in [0.717, 1.165) is 0 Å². The summed E-state index contributed by atoms with van der Waals surface area (Å²) in [6.07, 6.45) is -6.30. The van der Waals surface area contributed by atoms with Gasteiger partial charge < -0.3 is 41.1 Å². The van der Waals surface area contributed by atoms with Crippen molar-refractivity contribution in [3.8, 4) is 0 Å². The van der Waals surface area contributed by atoms with Crippen molar-refractivity contribution >= 4 is 11.8 Å². The van der Waals surface area contributed by atoms with Crippen LogP contribution in [-0.4, -0.2) is 90.2 Å². The van der Waals surface area contributed by atoms with Crippen LogP contribution in [0.1, 0.15) is 59.8 Å². The Kier molecular flexibility index (Phi) is 6.05. The van der Waals surface area contributed by atoms with Crippen molar-refractivity contribution in [1.82, 2.24) is 0 Å². The maximum absolute atomic E-state index is 13.8. The lowest BCUT2D eigenvalue weighted by Crippen LogP contribution is -2.78. The number of fused-ring (bicyclic) bond motifs is 5. The highest BCUT2D eigenvalue weighted by molar-refractivity contribution is 5.90. The topological polar surface area (TPSA) is 191 Å². The highest BCUT2D eigenvalue weighted by atomic mass is 16.6. The molecule has 0 radical (unpaired) electrons. The maximum atomic E-state index is 13.8. The quantitative estimate of drug-likeness (QED) is 0.234. The van der Waals surface area contributed by atoms with E-state index in [-0.39, 0.29) is 25.2 Å². The standard InChI is InChI=1S/C24H39NO9/c1-10(25)15(27)20(31)34-12-8-13-16(28)18(29)22(4)14(26)7-11-5-6-23(11,32)17(22)19(30)24(33,9-12)21(13,2)3/h10-17,19,26-28,30,32-33H,5-9,25H2,1-4H3/t10-,11+,12+,13?,14-,15+,16+,17-,19-,22+,23-,24+/m0/s1. The first-order valence-electron chi connectivity index (χ1n) is 12.2. The average molecular weight is 486 g/mol. The molecular weight excluding hydrogens is 446 g/mol. The fraction of sp³-hybridized carbons (Fsp3) is 0.917. The summed E-state index contributed by atoms with van der Waals surface area (Å²) >= 11 is 0. The van der Waals surface area contributed by atoms with E-state index in [1.54, 1.807) is 13.8 Å². The summed E-state index contributed by atoms with van der Waals surface area (Å²) < 4.78 is 5.43. The van der Waals surface area contributed by atoms with E-state index in [0.29, 0.717) is 12.8 Å². The SMILES string of the molecule is C[C@H](N)[C@@H](O)C(=O)O[C@@H]1CC2[C@@H](O)C(=O)[C@@]3(C)[C@H]([C@H](O)[C@](O)(C1)C2(C)C)[C@]1(O)CC[C@@H]1C[C@@H]3O. The molecule has 8 N–H and O–H groups in total. The Hall–Kier alpha value is -1.14. The van der Waals surface area contributed by atoms with Crippen molar-refractivity contribution < 1.29 is 45.0 Å². The van der Waals surface area contributed by atoms with E-state index in [1.165, 1.54) is 13.8 Å². The monoisotopic (exact) mass is 485 g/mol. The number of hydrogen-bond acceptors (Lipinski definition) is 10. The smallest absolute Gasteiger partial charge is 0.336 e. The largest absolute Gasteiger partial charge is 0.460 e. The van der Waals surface area contributed by atoms with E-state index in [4.69, 9.17) is 10.5 Å². The Bertz CT molecular complexity index is 863. The molecule has 0 aromatic heterocycles. The minimum absolute atomic E-state index is 0.00389. The third kappa shape index (κ3) is 3.19. The number of hydrogen-bond donors (Lipinski definition) is 7. The fourth-order valence-electron chi connectivity index (χ4n) is 7.47. The average Bonchev–Trinajstić information content (AvgIpc) is 2.75. The van der Waals surface area contributed by atoms with Gasteiger partial charge in [-0.1, -0.05) is 13.8 Å². The number of ether oxygens (including phenoxy) is 1. The predicted molar refractivity (Wildman–Crippen MR) is 118 cm³/mol. The lowest BCUT2D eigenvalue weighted by Gasteiger charge is -2.68. The summed E-state index contributed by atoms with van der Waals surface area (Å²) in [4.78, 5) is 26.2. The molecule has 12 atom stereocenters. The van der Waals surface area contributed by atoms with Crippen LogP contribution in [0, 0.1) is 28.6 Å². The van der Waals surface area contributed by atoms with Crippen molar-refractivity contribution in [2.24, 2.45) is 34.3 Å². The molecule has 0 aliphatic heterocycles. The molecule has 34 heavy (non-hydrogen) atoms. The molecule has 0 aromatic carbocycles. The molecule has 0 saturated heterocycles. The van der Waals surface area contributed by atoms with Gasteiger partial charge in [-0.2, -0.15) is 0 Å². The highest BCUT2D eigenvalue weighted by Gasteiger charge is 2.74. The molecule has 4 fully saturated rings. The molecule has 4 aliphatic rings. The third-order valence-corrected chi connectivity index (χ3v) is 10.1. The van der Waals surface area contributed by atoms with Gasteiger partial charge >= 0.3 is 5.97 Å². The Balaban J connectivity index is 1.80. The van der Waals surface area contributed by atoms with Crippen LogP contribution in [0.25, 0.3) is 0 Å². The summed E-state index contributed by atoms with van der Waals surface area (Å²) in [6, 6.07) is -0.895. The lowest BCUT2D eigenvalue weighted by atomic mass is 9.40. The molecule has 1 unspecified atom stereocenters. The number of carbonyl (C=O) groups is 2. The number of ketones is 1. The van der Waals surface area contributed by atoms with Gasteiger partial charge in [-0.3, -0.25) is 4.79 Å². The molecule has 2 bridgehead atoms. The van der Waals surface area contributed by atoms with Crippen molar-refractivity contribution in [1.29, 1.82) is 0 Å². The van der Waals surface area contributed by atoms with Crippen LogP contribution in [0.5, 0.6) is 0 Å².